The van der Waals surface area contributed by atoms with Crippen molar-refractivity contribution >= 4 is 0 Å². The van der Waals surface area contributed by atoms with Crippen molar-refractivity contribution in [2.45, 2.75) is 31.5 Å². The summed E-state index contributed by atoms with van der Waals surface area (Å²) in [7, 11) is 2.09. The maximum Gasteiger partial charge on any atom is 0.0236 e. The molecule has 0 aromatic heterocycles. The predicted molar refractivity (Wildman–Crippen MR) is 79.2 cm³/mol. The minimum Gasteiger partial charge on any atom is -0.316 e. The zero-order valence-electron chi connectivity index (χ0n) is 11.9. The van der Waals surface area contributed by atoms with Gasteiger partial charge in [-0.1, -0.05) is 30.3 Å². The van der Waals surface area contributed by atoms with Crippen molar-refractivity contribution in [1.82, 2.24) is 15.1 Å². The summed E-state index contributed by atoms with van der Waals surface area (Å²) < 4.78 is 0. The second-order valence-corrected chi connectivity index (χ2v) is 5.93. The first-order chi connectivity index (χ1) is 9.35. The predicted octanol–water partition coefficient (Wildman–Crippen LogP) is 1.55. The Morgan fingerprint density at radius 2 is 1.95 bits per heavy atom. The Labute approximate surface area is 116 Å². The summed E-state index contributed by atoms with van der Waals surface area (Å²) >= 11 is 0. The van der Waals surface area contributed by atoms with Gasteiger partial charge in [-0.3, -0.25) is 9.80 Å². The van der Waals surface area contributed by atoms with Crippen molar-refractivity contribution in [2.75, 3.05) is 33.2 Å². The van der Waals surface area contributed by atoms with E-state index in [2.05, 4.69) is 52.5 Å². The van der Waals surface area contributed by atoms with E-state index in [0.717, 1.165) is 12.6 Å². The highest BCUT2D eigenvalue weighted by atomic mass is 15.3. The lowest BCUT2D eigenvalue weighted by molar-refractivity contribution is 0.226. The minimum atomic E-state index is 0.711. The number of likely N-dealkylation sites (N-methyl/N-ethyl adjacent to an activating group) is 1. The maximum atomic E-state index is 3.41. The van der Waals surface area contributed by atoms with Crippen LogP contribution in [-0.4, -0.2) is 55.1 Å². The first-order valence-electron chi connectivity index (χ1n) is 7.53. The van der Waals surface area contributed by atoms with Gasteiger partial charge in [-0.15, -0.1) is 0 Å². The van der Waals surface area contributed by atoms with Crippen LogP contribution in [0.15, 0.2) is 30.3 Å². The van der Waals surface area contributed by atoms with Gasteiger partial charge < -0.3 is 5.32 Å². The van der Waals surface area contributed by atoms with Gasteiger partial charge in [0.1, 0.15) is 0 Å². The van der Waals surface area contributed by atoms with Gasteiger partial charge in [0.25, 0.3) is 0 Å². The monoisotopic (exact) mass is 259 g/mol. The summed E-state index contributed by atoms with van der Waals surface area (Å²) in [6.07, 6.45) is 2.65. The molecule has 0 spiro atoms. The van der Waals surface area contributed by atoms with Gasteiger partial charge in [0.15, 0.2) is 0 Å². The van der Waals surface area contributed by atoms with Crippen LogP contribution >= 0.6 is 0 Å². The standard InChI is InChI=1S/C16H25N3/c1-17-15-7-10-19(12-15)16-8-9-18(13-16)11-14-5-3-2-4-6-14/h2-6,15-17H,7-13H2,1H3. The van der Waals surface area contributed by atoms with E-state index in [1.54, 1.807) is 0 Å². The molecule has 2 unspecified atom stereocenters. The molecule has 104 valence electrons. The quantitative estimate of drug-likeness (QED) is 0.885. The van der Waals surface area contributed by atoms with Crippen LogP contribution in [0, 0.1) is 0 Å². The molecule has 3 nitrogen and oxygen atoms in total. The first kappa shape index (κ1) is 13.1. The highest BCUT2D eigenvalue weighted by Gasteiger charge is 2.32. The molecule has 1 aromatic rings. The Morgan fingerprint density at radius 1 is 1.11 bits per heavy atom. The van der Waals surface area contributed by atoms with E-state index in [0.29, 0.717) is 6.04 Å². The third kappa shape index (κ3) is 3.16. The smallest absolute Gasteiger partial charge is 0.0236 e. The molecule has 19 heavy (non-hydrogen) atoms. The topological polar surface area (TPSA) is 18.5 Å². The zero-order valence-corrected chi connectivity index (χ0v) is 11.9. The molecule has 0 saturated carbocycles. The second-order valence-electron chi connectivity index (χ2n) is 5.93. The van der Waals surface area contributed by atoms with Gasteiger partial charge >= 0.3 is 0 Å². The third-order valence-corrected chi connectivity index (χ3v) is 4.64. The maximum absolute atomic E-state index is 3.41. The average molecular weight is 259 g/mol. The fourth-order valence-electron chi connectivity index (χ4n) is 3.45. The van der Waals surface area contributed by atoms with Gasteiger partial charge in [-0.25, -0.2) is 0 Å². The van der Waals surface area contributed by atoms with Crippen LogP contribution < -0.4 is 5.32 Å². The van der Waals surface area contributed by atoms with Crippen LogP contribution in [0.1, 0.15) is 18.4 Å². The molecule has 0 amide bonds. The molecule has 3 rings (SSSR count). The lowest BCUT2D eigenvalue weighted by atomic mass is 10.2. The molecule has 2 atom stereocenters. The fourth-order valence-corrected chi connectivity index (χ4v) is 3.45. The van der Waals surface area contributed by atoms with Gasteiger partial charge in [-0.05, 0) is 25.5 Å². The summed E-state index contributed by atoms with van der Waals surface area (Å²) in [5, 5.41) is 3.41. The number of nitrogens with one attached hydrogen (secondary N) is 1. The van der Waals surface area contributed by atoms with Crippen LogP contribution in [0.3, 0.4) is 0 Å². The van der Waals surface area contributed by atoms with E-state index in [-0.39, 0.29) is 0 Å². The highest BCUT2D eigenvalue weighted by molar-refractivity contribution is 5.14. The highest BCUT2D eigenvalue weighted by Crippen LogP contribution is 2.21. The molecule has 0 aliphatic carbocycles. The van der Waals surface area contributed by atoms with Crippen LogP contribution in [0.5, 0.6) is 0 Å². The van der Waals surface area contributed by atoms with Gasteiger partial charge in [-0.2, -0.15) is 0 Å². The Kier molecular flexibility index (Phi) is 4.16. The van der Waals surface area contributed by atoms with E-state index in [4.69, 9.17) is 0 Å². The third-order valence-electron chi connectivity index (χ3n) is 4.64. The van der Waals surface area contributed by atoms with E-state index >= 15 is 0 Å². The molecule has 1 aromatic carbocycles. The molecule has 3 heteroatoms. The number of hydrogen-bond donors (Lipinski definition) is 1. The number of nitrogens with zero attached hydrogens (tertiary/aromatic N) is 2. The summed E-state index contributed by atoms with van der Waals surface area (Å²) in [6, 6.07) is 12.3. The Bertz CT molecular complexity index is 392. The van der Waals surface area contributed by atoms with E-state index in [1.165, 1.54) is 44.6 Å². The molecular formula is C16H25N3. The van der Waals surface area contributed by atoms with E-state index < -0.39 is 0 Å². The van der Waals surface area contributed by atoms with Crippen molar-refractivity contribution in [3.63, 3.8) is 0 Å². The molecule has 2 heterocycles. The number of rotatable bonds is 4. The molecular weight excluding hydrogens is 234 g/mol. The largest absolute Gasteiger partial charge is 0.316 e. The summed E-state index contributed by atoms with van der Waals surface area (Å²) in [4.78, 5) is 5.29. The van der Waals surface area contributed by atoms with Gasteiger partial charge in [0, 0.05) is 44.8 Å². The average Bonchev–Trinajstić information content (AvgIpc) is 3.08. The minimum absolute atomic E-state index is 0.711. The van der Waals surface area contributed by atoms with Crippen LogP contribution in [0.2, 0.25) is 0 Å². The number of likely N-dealkylation sites (tertiary alicyclic amines) is 2. The molecule has 2 aliphatic rings. The number of hydrogen-bond acceptors (Lipinski definition) is 3. The molecule has 0 radical (unpaired) electrons. The Morgan fingerprint density at radius 3 is 2.68 bits per heavy atom. The lowest BCUT2D eigenvalue weighted by Gasteiger charge is -2.24. The summed E-state index contributed by atoms with van der Waals surface area (Å²) in [6.45, 7) is 6.11. The van der Waals surface area contributed by atoms with Crippen LogP contribution in [-0.2, 0) is 6.54 Å². The van der Waals surface area contributed by atoms with Crippen molar-refractivity contribution in [3.05, 3.63) is 35.9 Å². The van der Waals surface area contributed by atoms with Crippen molar-refractivity contribution in [1.29, 1.82) is 0 Å². The van der Waals surface area contributed by atoms with Crippen molar-refractivity contribution in [3.8, 4) is 0 Å². The molecule has 2 fully saturated rings. The van der Waals surface area contributed by atoms with E-state index in [9.17, 15) is 0 Å². The zero-order chi connectivity index (χ0) is 13.1. The molecule has 2 saturated heterocycles. The van der Waals surface area contributed by atoms with Gasteiger partial charge in [0.05, 0.1) is 0 Å². The SMILES string of the molecule is CNC1CCN(C2CCN(Cc3ccccc3)C2)C1. The van der Waals surface area contributed by atoms with Gasteiger partial charge in [0.2, 0.25) is 0 Å². The Hall–Kier alpha value is -0.900. The second kappa shape index (κ2) is 6.04. The molecule has 1 N–H and O–H groups in total. The lowest BCUT2D eigenvalue weighted by Crippen LogP contribution is -2.38. The van der Waals surface area contributed by atoms with Crippen molar-refractivity contribution < 1.29 is 0 Å². The molecule has 2 aliphatic heterocycles. The van der Waals surface area contributed by atoms with Crippen molar-refractivity contribution in [2.24, 2.45) is 0 Å². The fraction of sp³-hybridized carbons (Fsp3) is 0.625. The summed E-state index contributed by atoms with van der Waals surface area (Å²) in [5.74, 6) is 0. The molecule has 0 bridgehead atoms. The van der Waals surface area contributed by atoms with Crippen LogP contribution in [0.4, 0.5) is 0 Å². The summed E-state index contributed by atoms with van der Waals surface area (Å²) in [5.41, 5.74) is 1.44. The Balaban J connectivity index is 1.50. The van der Waals surface area contributed by atoms with E-state index in [1.807, 2.05) is 0 Å². The number of benzene rings is 1. The normalized spacial score (nSPS) is 29.1. The first-order valence-corrected chi connectivity index (χ1v) is 7.53. The van der Waals surface area contributed by atoms with Crippen LogP contribution in [0.25, 0.3) is 0 Å².